The van der Waals surface area contributed by atoms with Gasteiger partial charge in [0.05, 0.1) is 32.5 Å². The molecule has 0 aliphatic rings. The maximum atomic E-state index is 12.0. The minimum absolute atomic E-state index is 0.234. The van der Waals surface area contributed by atoms with Gasteiger partial charge in [-0.1, -0.05) is 18.2 Å². The van der Waals surface area contributed by atoms with E-state index in [9.17, 15) is 4.79 Å². The molecule has 0 radical (unpaired) electrons. The first kappa shape index (κ1) is 27.9. The fourth-order valence-corrected chi connectivity index (χ4v) is 3.40. The maximum absolute atomic E-state index is 12.0. The summed E-state index contributed by atoms with van der Waals surface area (Å²) in [6, 6.07) is 22.3. The second-order valence-electron chi connectivity index (χ2n) is 8.41. The summed E-state index contributed by atoms with van der Waals surface area (Å²) in [6.45, 7) is 1.80. The molecule has 0 unspecified atom stereocenters. The Morgan fingerprint density at radius 2 is 1.37 bits per heavy atom. The molecule has 0 aliphatic carbocycles. The summed E-state index contributed by atoms with van der Waals surface area (Å²) in [5, 5.41) is 8.54. The lowest BCUT2D eigenvalue weighted by molar-refractivity contribution is -0.137. The number of esters is 1. The van der Waals surface area contributed by atoms with E-state index in [1.165, 1.54) is 6.08 Å². The van der Waals surface area contributed by atoms with Gasteiger partial charge in [-0.2, -0.15) is 5.26 Å². The number of ether oxygens (including phenoxy) is 4. The van der Waals surface area contributed by atoms with Crippen molar-refractivity contribution < 1.29 is 23.7 Å². The summed E-state index contributed by atoms with van der Waals surface area (Å²) < 4.78 is 22.3. The normalized spacial score (nSPS) is 10.6. The van der Waals surface area contributed by atoms with Crippen LogP contribution >= 0.6 is 0 Å². The van der Waals surface area contributed by atoms with Crippen LogP contribution in [0.5, 0.6) is 17.2 Å². The summed E-state index contributed by atoms with van der Waals surface area (Å²) in [5.74, 6) is 1.84. The number of nitriles is 1. The number of unbranched alkanes of at least 4 members (excludes halogenated alkanes) is 1. The van der Waals surface area contributed by atoms with Gasteiger partial charge in [-0.15, -0.1) is 0 Å². The lowest BCUT2D eigenvalue weighted by atomic mass is 10.1. The minimum atomic E-state index is -0.419. The Balaban J connectivity index is 1.29. The highest BCUT2D eigenvalue weighted by Gasteiger charge is 2.03. The lowest BCUT2D eigenvalue weighted by Crippen LogP contribution is -2.06. The van der Waals surface area contributed by atoms with E-state index in [0.29, 0.717) is 50.5 Å². The quantitative estimate of drug-likeness (QED) is 0.123. The van der Waals surface area contributed by atoms with Crippen LogP contribution in [-0.4, -0.2) is 32.4 Å². The molecule has 8 nitrogen and oxygen atoms in total. The Morgan fingerprint density at radius 1 is 0.789 bits per heavy atom. The molecule has 0 bridgehead atoms. The van der Waals surface area contributed by atoms with Crippen LogP contribution in [0.2, 0.25) is 0 Å². The molecule has 3 aromatic carbocycles. The van der Waals surface area contributed by atoms with Crippen LogP contribution in [-0.2, 0) is 16.0 Å². The van der Waals surface area contributed by atoms with Gasteiger partial charge in [0.2, 0.25) is 0 Å². The zero-order valence-corrected chi connectivity index (χ0v) is 21.3. The molecule has 0 atom stereocenters. The van der Waals surface area contributed by atoms with Crippen LogP contribution < -0.4 is 25.7 Å². The first-order valence-corrected chi connectivity index (χ1v) is 12.5. The second kappa shape index (κ2) is 15.5. The first-order chi connectivity index (χ1) is 18.5. The molecule has 38 heavy (non-hydrogen) atoms. The highest BCUT2D eigenvalue weighted by molar-refractivity contribution is 5.87. The summed E-state index contributed by atoms with van der Waals surface area (Å²) in [4.78, 5) is 12.0. The van der Waals surface area contributed by atoms with Gasteiger partial charge >= 0.3 is 5.97 Å². The Hall–Kier alpha value is -4.64. The molecule has 3 aromatic rings. The van der Waals surface area contributed by atoms with E-state index in [1.54, 1.807) is 18.2 Å². The smallest absolute Gasteiger partial charge is 0.330 e. The van der Waals surface area contributed by atoms with Gasteiger partial charge < -0.3 is 30.4 Å². The summed E-state index contributed by atoms with van der Waals surface area (Å²) in [5.41, 5.74) is 14.5. The number of hydrogen-bond acceptors (Lipinski definition) is 8. The molecule has 0 amide bonds. The zero-order chi connectivity index (χ0) is 27.0. The van der Waals surface area contributed by atoms with E-state index < -0.39 is 5.97 Å². The molecule has 0 spiro atoms. The van der Waals surface area contributed by atoms with Crippen molar-refractivity contribution in [2.24, 2.45) is 0 Å². The number of nitrogens with two attached hydrogens (primary N) is 2. The highest BCUT2D eigenvalue weighted by Crippen LogP contribution is 2.19. The molecule has 198 valence electrons. The summed E-state index contributed by atoms with van der Waals surface area (Å²) in [7, 11) is 0. The van der Waals surface area contributed by atoms with Gasteiger partial charge in [0.1, 0.15) is 17.2 Å². The molecule has 0 saturated heterocycles. The number of rotatable bonds is 15. The zero-order valence-electron chi connectivity index (χ0n) is 21.3. The Bertz CT molecular complexity index is 1220. The van der Waals surface area contributed by atoms with E-state index in [1.807, 2.05) is 54.6 Å². The molecule has 0 aliphatic heterocycles. The predicted octanol–water partition coefficient (Wildman–Crippen LogP) is 5.18. The number of nitrogens with zero attached hydrogens (tertiary/aromatic N) is 1. The fraction of sp³-hybridized carbons (Fsp3) is 0.267. The van der Waals surface area contributed by atoms with Crippen LogP contribution in [0.3, 0.4) is 0 Å². The van der Waals surface area contributed by atoms with E-state index in [-0.39, 0.29) is 6.61 Å². The molecule has 0 heterocycles. The number of carbonyl (C=O) groups excluding carboxylic acids is 1. The molecule has 4 N–H and O–H groups in total. The molecule has 0 saturated carbocycles. The van der Waals surface area contributed by atoms with Crippen molar-refractivity contribution in [3.63, 3.8) is 0 Å². The van der Waals surface area contributed by atoms with Gasteiger partial charge in [-0.25, -0.2) is 4.79 Å². The van der Waals surface area contributed by atoms with Gasteiger partial charge in [0, 0.05) is 36.7 Å². The Kier molecular flexibility index (Phi) is 11.4. The van der Waals surface area contributed by atoms with Crippen molar-refractivity contribution in [3.05, 3.63) is 83.9 Å². The highest BCUT2D eigenvalue weighted by atomic mass is 16.5. The SMILES string of the molecule is N#CCCCOc1ccc(OCCCOc2ccc(C=CC(=O)OCCc3ccc(N)cc3N)cc2)cc1. The standard InChI is InChI=1S/C30H33N3O5/c31-17-1-2-18-35-27-11-13-28(14-12-27)37-20-3-19-36-26-9-4-23(5-10-26)6-15-30(34)38-21-16-24-7-8-25(32)22-29(24)33/h4-15,22H,1-3,16,18-21,32-33H2. The average molecular weight is 516 g/mol. The Morgan fingerprint density at radius 3 is 1.95 bits per heavy atom. The summed E-state index contributed by atoms with van der Waals surface area (Å²) >= 11 is 0. The van der Waals surface area contributed by atoms with E-state index >= 15 is 0 Å². The lowest BCUT2D eigenvalue weighted by Gasteiger charge is -2.09. The summed E-state index contributed by atoms with van der Waals surface area (Å²) in [6.07, 6.45) is 5.54. The molecular formula is C30H33N3O5. The molecule has 8 heteroatoms. The van der Waals surface area contributed by atoms with Crippen LogP contribution in [0, 0.1) is 11.3 Å². The minimum Gasteiger partial charge on any atom is -0.494 e. The number of carbonyl (C=O) groups is 1. The van der Waals surface area contributed by atoms with Crippen molar-refractivity contribution in [1.82, 2.24) is 0 Å². The van der Waals surface area contributed by atoms with Crippen molar-refractivity contribution in [2.45, 2.75) is 25.7 Å². The van der Waals surface area contributed by atoms with Crippen LogP contribution in [0.15, 0.2) is 72.8 Å². The molecule has 0 aromatic heterocycles. The average Bonchev–Trinajstić information content (AvgIpc) is 2.92. The van der Waals surface area contributed by atoms with Crippen molar-refractivity contribution >= 4 is 23.4 Å². The van der Waals surface area contributed by atoms with Gasteiger partial charge in [-0.05, 0) is 72.2 Å². The van der Waals surface area contributed by atoms with E-state index in [2.05, 4.69) is 6.07 Å². The third kappa shape index (κ3) is 10.2. The third-order valence-electron chi connectivity index (χ3n) is 5.43. The van der Waals surface area contributed by atoms with Crippen LogP contribution in [0.25, 0.3) is 6.08 Å². The number of hydrogen-bond donors (Lipinski definition) is 2. The van der Waals surface area contributed by atoms with E-state index in [0.717, 1.165) is 34.8 Å². The van der Waals surface area contributed by atoms with Crippen molar-refractivity contribution in [2.75, 3.05) is 37.9 Å². The van der Waals surface area contributed by atoms with Gasteiger partial charge in [0.15, 0.2) is 0 Å². The topological polar surface area (TPSA) is 130 Å². The molecule has 0 fully saturated rings. The van der Waals surface area contributed by atoms with Crippen LogP contribution in [0.4, 0.5) is 11.4 Å². The largest absolute Gasteiger partial charge is 0.494 e. The second-order valence-corrected chi connectivity index (χ2v) is 8.41. The van der Waals surface area contributed by atoms with Crippen LogP contribution in [0.1, 0.15) is 30.4 Å². The third-order valence-corrected chi connectivity index (χ3v) is 5.43. The van der Waals surface area contributed by atoms with Gasteiger partial charge in [0.25, 0.3) is 0 Å². The van der Waals surface area contributed by atoms with Crippen molar-refractivity contribution in [1.29, 1.82) is 5.26 Å². The molecule has 3 rings (SSSR count). The predicted molar refractivity (Wildman–Crippen MR) is 148 cm³/mol. The van der Waals surface area contributed by atoms with Crippen molar-refractivity contribution in [3.8, 4) is 23.3 Å². The van der Waals surface area contributed by atoms with Gasteiger partial charge in [-0.3, -0.25) is 0 Å². The molecular weight excluding hydrogens is 482 g/mol. The Labute approximate surface area is 223 Å². The number of benzene rings is 3. The van der Waals surface area contributed by atoms with E-state index in [4.69, 9.17) is 35.7 Å². The maximum Gasteiger partial charge on any atom is 0.330 e. The fourth-order valence-electron chi connectivity index (χ4n) is 3.40. The first-order valence-electron chi connectivity index (χ1n) is 12.5. The number of anilines is 2. The number of nitrogen functional groups attached to an aromatic ring is 2. The monoisotopic (exact) mass is 515 g/mol.